The lowest BCUT2D eigenvalue weighted by molar-refractivity contribution is -0.121. The van der Waals surface area contributed by atoms with Crippen LogP contribution in [0.25, 0.3) is 5.69 Å². The lowest BCUT2D eigenvalue weighted by Gasteiger charge is -2.13. The van der Waals surface area contributed by atoms with Gasteiger partial charge in [0.25, 0.3) is 0 Å². The van der Waals surface area contributed by atoms with Crippen molar-refractivity contribution in [2.75, 3.05) is 6.61 Å². The minimum absolute atomic E-state index is 0.0889. The molecule has 1 aromatic carbocycles. The maximum absolute atomic E-state index is 12.2. The average Bonchev–Trinajstić information content (AvgIpc) is 2.73. The summed E-state index contributed by atoms with van der Waals surface area (Å²) in [6, 6.07) is 11.7. The maximum atomic E-state index is 12.2. The van der Waals surface area contributed by atoms with Crippen molar-refractivity contribution in [3.05, 3.63) is 48.0 Å². The highest BCUT2D eigenvalue weighted by Crippen LogP contribution is 2.15. The number of hydrogen-bond acceptors (Lipinski definition) is 3. The van der Waals surface area contributed by atoms with Crippen LogP contribution in [0.2, 0.25) is 0 Å². The number of hydrogen-bond donors (Lipinski definition) is 0. The summed E-state index contributed by atoms with van der Waals surface area (Å²) < 4.78 is 7.79. The van der Waals surface area contributed by atoms with Crippen molar-refractivity contribution in [1.29, 1.82) is 0 Å². The molecule has 152 valence electrons. The van der Waals surface area contributed by atoms with Gasteiger partial charge in [0.2, 0.25) is 11.8 Å². The Morgan fingerprint density at radius 1 is 1.11 bits per heavy atom. The molecule has 1 unspecified atom stereocenters. The highest BCUT2D eigenvalue weighted by molar-refractivity contribution is 5.79. The Hall–Kier alpha value is -2.43. The molecule has 28 heavy (non-hydrogen) atoms. The Morgan fingerprint density at radius 3 is 2.54 bits per heavy atom. The summed E-state index contributed by atoms with van der Waals surface area (Å²) in [5.74, 6) is 0.399. The SMILES string of the molecule is CCCCCCCCOc1cc(=NC(=O)C(C)CC)cnn1-c1ccccc1. The highest BCUT2D eigenvalue weighted by Gasteiger charge is 2.10. The molecule has 1 aromatic heterocycles. The fraction of sp³-hybridized carbons (Fsp3) is 0.522. The summed E-state index contributed by atoms with van der Waals surface area (Å²) in [5.41, 5.74) is 0.917. The Morgan fingerprint density at radius 2 is 1.82 bits per heavy atom. The monoisotopic (exact) mass is 383 g/mol. The predicted octanol–water partition coefficient (Wildman–Crippen LogP) is 5.09. The van der Waals surface area contributed by atoms with Crippen LogP contribution >= 0.6 is 0 Å². The number of carbonyl (C=O) groups is 1. The van der Waals surface area contributed by atoms with Gasteiger partial charge in [0.15, 0.2) is 0 Å². The smallest absolute Gasteiger partial charge is 0.249 e. The number of carbonyl (C=O) groups excluding carboxylic acids is 1. The van der Waals surface area contributed by atoms with Gasteiger partial charge >= 0.3 is 0 Å². The maximum Gasteiger partial charge on any atom is 0.249 e. The quantitative estimate of drug-likeness (QED) is 0.508. The number of aromatic nitrogens is 2. The van der Waals surface area contributed by atoms with E-state index in [1.807, 2.05) is 44.2 Å². The second-order valence-electron chi connectivity index (χ2n) is 7.17. The zero-order chi connectivity index (χ0) is 20.2. The molecule has 0 aliphatic rings. The fourth-order valence-corrected chi connectivity index (χ4v) is 2.80. The van der Waals surface area contributed by atoms with E-state index in [1.54, 1.807) is 16.9 Å². The third-order valence-electron chi connectivity index (χ3n) is 4.81. The van der Waals surface area contributed by atoms with E-state index < -0.39 is 0 Å². The van der Waals surface area contributed by atoms with Crippen LogP contribution in [-0.4, -0.2) is 22.3 Å². The second kappa shape index (κ2) is 12.1. The molecule has 0 aliphatic heterocycles. The Bertz CT molecular complexity index is 784. The van der Waals surface area contributed by atoms with E-state index >= 15 is 0 Å². The van der Waals surface area contributed by atoms with Gasteiger partial charge in [-0.05, 0) is 25.0 Å². The largest absolute Gasteiger partial charge is 0.478 e. The standard InChI is InChI=1S/C23H33N3O2/c1-4-6-7-8-9-13-16-28-22-17-20(25-23(27)19(3)5-2)18-24-26(22)21-14-11-10-12-15-21/h10-12,14-15,17-19H,4-9,13,16H2,1-3H3. The molecule has 5 heteroatoms. The molecule has 1 amide bonds. The van der Waals surface area contributed by atoms with Crippen LogP contribution in [0.5, 0.6) is 5.88 Å². The third kappa shape index (κ3) is 6.95. The summed E-state index contributed by atoms with van der Waals surface area (Å²) in [6.45, 7) is 6.73. The first-order chi connectivity index (χ1) is 13.7. The van der Waals surface area contributed by atoms with Gasteiger partial charge in [0.05, 0.1) is 23.8 Å². The number of amides is 1. The molecular formula is C23H33N3O2. The molecule has 5 nitrogen and oxygen atoms in total. The minimum atomic E-state index is -0.122. The predicted molar refractivity (Wildman–Crippen MR) is 112 cm³/mol. The fourth-order valence-electron chi connectivity index (χ4n) is 2.80. The van der Waals surface area contributed by atoms with Crippen LogP contribution in [0.1, 0.15) is 65.7 Å². The van der Waals surface area contributed by atoms with E-state index in [4.69, 9.17) is 4.74 Å². The molecule has 1 atom stereocenters. The molecule has 0 radical (unpaired) electrons. The molecule has 0 bridgehead atoms. The van der Waals surface area contributed by atoms with Gasteiger partial charge in [0.1, 0.15) is 0 Å². The van der Waals surface area contributed by atoms with Gasteiger partial charge in [-0.2, -0.15) is 5.10 Å². The van der Waals surface area contributed by atoms with Crippen molar-refractivity contribution < 1.29 is 9.53 Å². The van der Waals surface area contributed by atoms with E-state index in [1.165, 1.54) is 25.7 Å². The van der Waals surface area contributed by atoms with Crippen molar-refractivity contribution in [2.45, 2.75) is 65.7 Å². The second-order valence-corrected chi connectivity index (χ2v) is 7.17. The van der Waals surface area contributed by atoms with Crippen molar-refractivity contribution >= 4 is 5.91 Å². The molecule has 2 aromatic rings. The van der Waals surface area contributed by atoms with Crippen molar-refractivity contribution in [3.63, 3.8) is 0 Å². The molecule has 0 saturated heterocycles. The Kier molecular flexibility index (Phi) is 9.46. The number of ether oxygens (including phenoxy) is 1. The van der Waals surface area contributed by atoms with Gasteiger partial charge in [-0.15, -0.1) is 0 Å². The van der Waals surface area contributed by atoms with Gasteiger partial charge in [-0.25, -0.2) is 9.67 Å². The van der Waals surface area contributed by atoms with Crippen molar-refractivity contribution in [2.24, 2.45) is 10.9 Å². The van der Waals surface area contributed by atoms with Crippen LogP contribution in [0.4, 0.5) is 0 Å². The zero-order valence-electron chi connectivity index (χ0n) is 17.4. The van der Waals surface area contributed by atoms with E-state index in [9.17, 15) is 4.79 Å². The summed E-state index contributed by atoms with van der Waals surface area (Å²) in [4.78, 5) is 16.4. The molecule has 1 heterocycles. The first kappa shape index (κ1) is 21.9. The first-order valence-electron chi connectivity index (χ1n) is 10.5. The van der Waals surface area contributed by atoms with Gasteiger partial charge in [0, 0.05) is 12.0 Å². The molecule has 0 aliphatic carbocycles. The lowest BCUT2D eigenvalue weighted by atomic mass is 10.1. The lowest BCUT2D eigenvalue weighted by Crippen LogP contribution is -2.17. The van der Waals surface area contributed by atoms with E-state index in [-0.39, 0.29) is 11.8 Å². The average molecular weight is 384 g/mol. The molecule has 0 N–H and O–H groups in total. The first-order valence-corrected chi connectivity index (χ1v) is 10.5. The number of unbranched alkanes of at least 4 members (excludes halogenated alkanes) is 5. The number of nitrogens with zero attached hydrogens (tertiary/aromatic N) is 3. The van der Waals surface area contributed by atoms with Crippen LogP contribution in [0.3, 0.4) is 0 Å². The summed E-state index contributed by atoms with van der Waals surface area (Å²) in [5, 5.41) is 5.01. The molecule has 0 fully saturated rings. The molecular weight excluding hydrogens is 350 g/mol. The molecule has 2 rings (SSSR count). The molecule has 0 spiro atoms. The Labute approximate surface area is 168 Å². The Balaban J connectivity index is 2.14. The van der Waals surface area contributed by atoms with E-state index in [0.717, 1.165) is 24.9 Å². The highest BCUT2D eigenvalue weighted by atomic mass is 16.5. The number of para-hydroxylation sites is 1. The number of rotatable bonds is 11. The third-order valence-corrected chi connectivity index (χ3v) is 4.81. The normalized spacial score (nSPS) is 12.8. The molecule has 0 saturated carbocycles. The van der Waals surface area contributed by atoms with E-state index in [2.05, 4.69) is 17.0 Å². The van der Waals surface area contributed by atoms with Crippen LogP contribution in [0, 0.1) is 5.92 Å². The summed E-state index contributed by atoms with van der Waals surface area (Å²) >= 11 is 0. The van der Waals surface area contributed by atoms with Crippen molar-refractivity contribution in [3.8, 4) is 11.6 Å². The van der Waals surface area contributed by atoms with E-state index in [0.29, 0.717) is 17.8 Å². The minimum Gasteiger partial charge on any atom is -0.478 e. The summed E-state index contributed by atoms with van der Waals surface area (Å²) in [6.07, 6.45) is 9.64. The van der Waals surface area contributed by atoms with Crippen LogP contribution < -0.4 is 10.1 Å². The van der Waals surface area contributed by atoms with Crippen LogP contribution in [0.15, 0.2) is 47.6 Å². The van der Waals surface area contributed by atoms with Crippen molar-refractivity contribution in [1.82, 2.24) is 9.78 Å². The van der Waals surface area contributed by atoms with Gasteiger partial charge in [-0.1, -0.05) is 71.1 Å². The number of benzene rings is 1. The van der Waals surface area contributed by atoms with Gasteiger partial charge < -0.3 is 4.74 Å². The van der Waals surface area contributed by atoms with Gasteiger partial charge in [-0.3, -0.25) is 4.79 Å². The van der Waals surface area contributed by atoms with Crippen LogP contribution in [-0.2, 0) is 4.79 Å². The zero-order valence-corrected chi connectivity index (χ0v) is 17.4. The summed E-state index contributed by atoms with van der Waals surface area (Å²) in [7, 11) is 0. The topological polar surface area (TPSA) is 56.5 Å².